The van der Waals surface area contributed by atoms with Crippen LogP contribution in [0, 0.1) is 5.82 Å². The average molecular weight is 293 g/mol. The minimum Gasteiger partial charge on any atom is -0.487 e. The Morgan fingerprint density at radius 2 is 2.10 bits per heavy atom. The van der Waals surface area contributed by atoms with Crippen LogP contribution in [0.25, 0.3) is 0 Å². The molecule has 0 fully saturated rings. The van der Waals surface area contributed by atoms with Crippen molar-refractivity contribution in [1.29, 1.82) is 0 Å². The van der Waals surface area contributed by atoms with Crippen LogP contribution in [-0.4, -0.2) is 12.1 Å². The second-order valence-corrected chi connectivity index (χ2v) is 6.14. The van der Waals surface area contributed by atoms with E-state index in [0.717, 1.165) is 43.5 Å². The second-order valence-electron chi connectivity index (χ2n) is 6.14. The van der Waals surface area contributed by atoms with Gasteiger partial charge in [-0.1, -0.05) is 27.2 Å². The van der Waals surface area contributed by atoms with Crippen LogP contribution in [-0.2, 0) is 0 Å². The van der Waals surface area contributed by atoms with Gasteiger partial charge in [0.1, 0.15) is 17.2 Å². The summed E-state index contributed by atoms with van der Waals surface area (Å²) in [6.45, 7) is 7.51. The maximum atomic E-state index is 13.6. The van der Waals surface area contributed by atoms with Crippen molar-refractivity contribution in [2.75, 3.05) is 6.54 Å². The van der Waals surface area contributed by atoms with Gasteiger partial charge < -0.3 is 10.1 Å². The first-order chi connectivity index (χ1) is 10.1. The van der Waals surface area contributed by atoms with E-state index in [0.29, 0.717) is 0 Å². The fourth-order valence-corrected chi connectivity index (χ4v) is 3.19. The molecule has 1 aliphatic rings. The van der Waals surface area contributed by atoms with Gasteiger partial charge in [-0.15, -0.1) is 0 Å². The van der Waals surface area contributed by atoms with Crippen LogP contribution >= 0.6 is 0 Å². The fraction of sp³-hybridized carbons (Fsp3) is 0.667. The molecule has 2 atom stereocenters. The third-order valence-corrected chi connectivity index (χ3v) is 4.52. The van der Waals surface area contributed by atoms with Gasteiger partial charge in [0.2, 0.25) is 0 Å². The normalized spacial score (nSPS) is 24.5. The van der Waals surface area contributed by atoms with Gasteiger partial charge in [0.05, 0.1) is 0 Å². The molecular formula is C18H28FNO. The molecule has 2 rings (SSSR count). The highest BCUT2D eigenvalue weighted by Gasteiger charge is 2.39. The summed E-state index contributed by atoms with van der Waals surface area (Å²) < 4.78 is 19.9. The van der Waals surface area contributed by atoms with Gasteiger partial charge in [-0.3, -0.25) is 0 Å². The number of nitrogens with one attached hydrogen (secondary N) is 1. The first kappa shape index (κ1) is 16.3. The van der Waals surface area contributed by atoms with Crippen molar-refractivity contribution in [2.24, 2.45) is 0 Å². The second kappa shape index (κ2) is 7.26. The molecule has 0 aromatic heterocycles. The van der Waals surface area contributed by atoms with Crippen molar-refractivity contribution < 1.29 is 9.13 Å². The Balaban J connectivity index is 2.29. The summed E-state index contributed by atoms with van der Waals surface area (Å²) in [4.78, 5) is 0. The molecule has 0 spiro atoms. The van der Waals surface area contributed by atoms with Crippen molar-refractivity contribution >= 4 is 0 Å². The van der Waals surface area contributed by atoms with Gasteiger partial charge in [-0.05, 0) is 50.4 Å². The van der Waals surface area contributed by atoms with E-state index in [1.807, 2.05) is 0 Å². The third-order valence-electron chi connectivity index (χ3n) is 4.52. The highest BCUT2D eigenvalue weighted by molar-refractivity contribution is 5.39. The average Bonchev–Trinajstić information content (AvgIpc) is 2.51. The predicted octanol–water partition coefficient (Wildman–Crippen LogP) is 4.99. The molecule has 1 heterocycles. The minimum atomic E-state index is -0.182. The van der Waals surface area contributed by atoms with Crippen LogP contribution in [0.3, 0.4) is 0 Å². The molecule has 0 bridgehead atoms. The maximum Gasteiger partial charge on any atom is 0.125 e. The van der Waals surface area contributed by atoms with E-state index in [1.165, 1.54) is 18.9 Å². The van der Waals surface area contributed by atoms with Gasteiger partial charge >= 0.3 is 0 Å². The first-order valence-electron chi connectivity index (χ1n) is 8.36. The summed E-state index contributed by atoms with van der Waals surface area (Å²) in [5.74, 6) is 0.674. The number of unbranched alkanes of at least 4 members (excludes halogenated alkanes) is 1. The van der Waals surface area contributed by atoms with Crippen LogP contribution in [0.1, 0.15) is 70.9 Å². The molecule has 2 unspecified atom stereocenters. The largest absolute Gasteiger partial charge is 0.487 e. The molecule has 0 saturated carbocycles. The van der Waals surface area contributed by atoms with Crippen molar-refractivity contribution in [1.82, 2.24) is 5.32 Å². The molecule has 1 aromatic rings. The Bertz CT molecular complexity index is 463. The molecule has 21 heavy (non-hydrogen) atoms. The summed E-state index contributed by atoms with van der Waals surface area (Å²) >= 11 is 0. The topological polar surface area (TPSA) is 21.3 Å². The van der Waals surface area contributed by atoms with Crippen molar-refractivity contribution in [3.8, 4) is 5.75 Å². The SMILES string of the molecule is CCCCC1(CC)CC(NCCC)c2cc(F)ccc2O1. The first-order valence-corrected chi connectivity index (χ1v) is 8.36. The lowest BCUT2D eigenvalue weighted by Crippen LogP contribution is -2.44. The summed E-state index contributed by atoms with van der Waals surface area (Å²) in [6.07, 6.45) is 6.42. The van der Waals surface area contributed by atoms with Crippen LogP contribution in [0.15, 0.2) is 18.2 Å². The highest BCUT2D eigenvalue weighted by atomic mass is 19.1. The molecule has 118 valence electrons. The number of rotatable bonds is 7. The number of halogens is 1. The summed E-state index contributed by atoms with van der Waals surface area (Å²) in [5, 5.41) is 3.57. The highest BCUT2D eigenvalue weighted by Crippen LogP contribution is 2.43. The van der Waals surface area contributed by atoms with E-state index in [2.05, 4.69) is 26.1 Å². The van der Waals surface area contributed by atoms with Gasteiger partial charge in [0.25, 0.3) is 0 Å². The number of ether oxygens (including phenoxy) is 1. The molecule has 0 amide bonds. The van der Waals surface area contributed by atoms with Crippen molar-refractivity contribution in [3.63, 3.8) is 0 Å². The molecule has 1 N–H and O–H groups in total. The van der Waals surface area contributed by atoms with E-state index >= 15 is 0 Å². The van der Waals surface area contributed by atoms with Crippen LogP contribution < -0.4 is 10.1 Å². The number of fused-ring (bicyclic) bond motifs is 1. The lowest BCUT2D eigenvalue weighted by molar-refractivity contribution is 0.0164. The molecule has 1 aromatic carbocycles. The van der Waals surface area contributed by atoms with E-state index in [1.54, 1.807) is 12.1 Å². The van der Waals surface area contributed by atoms with Crippen LogP contribution in [0.2, 0.25) is 0 Å². The number of benzene rings is 1. The molecule has 0 saturated heterocycles. The maximum absolute atomic E-state index is 13.6. The van der Waals surface area contributed by atoms with E-state index in [9.17, 15) is 4.39 Å². The fourth-order valence-electron chi connectivity index (χ4n) is 3.19. The number of hydrogen-bond acceptors (Lipinski definition) is 2. The van der Waals surface area contributed by atoms with Gasteiger partial charge in [-0.2, -0.15) is 0 Å². The van der Waals surface area contributed by atoms with Crippen LogP contribution in [0.5, 0.6) is 5.75 Å². The zero-order chi connectivity index (χ0) is 15.3. The molecule has 2 nitrogen and oxygen atoms in total. The van der Waals surface area contributed by atoms with Crippen molar-refractivity contribution in [2.45, 2.75) is 70.9 Å². The van der Waals surface area contributed by atoms with E-state index in [4.69, 9.17) is 4.74 Å². The Morgan fingerprint density at radius 1 is 1.29 bits per heavy atom. The quantitative estimate of drug-likeness (QED) is 0.765. The monoisotopic (exact) mass is 293 g/mol. The Labute approximate surface area is 128 Å². The molecule has 1 aliphatic heterocycles. The Morgan fingerprint density at radius 3 is 2.76 bits per heavy atom. The van der Waals surface area contributed by atoms with E-state index < -0.39 is 0 Å². The Kier molecular flexibility index (Phi) is 5.63. The molecule has 3 heteroatoms. The molecule has 0 aliphatic carbocycles. The smallest absolute Gasteiger partial charge is 0.125 e. The molecular weight excluding hydrogens is 265 g/mol. The summed E-state index contributed by atoms with van der Waals surface area (Å²) in [6, 6.07) is 5.12. The Hall–Kier alpha value is -1.09. The standard InChI is InChI=1S/C18H28FNO/c1-4-7-10-18(6-3)13-16(20-11-5-2)15-12-14(19)8-9-17(15)21-18/h8-9,12,16,20H,4-7,10-11,13H2,1-3H3. The molecule has 0 radical (unpaired) electrons. The van der Waals surface area contributed by atoms with Crippen LogP contribution in [0.4, 0.5) is 4.39 Å². The third kappa shape index (κ3) is 3.76. The summed E-state index contributed by atoms with van der Waals surface area (Å²) in [5.41, 5.74) is 0.871. The lowest BCUT2D eigenvalue weighted by atomic mass is 9.82. The predicted molar refractivity (Wildman–Crippen MR) is 85.2 cm³/mol. The lowest BCUT2D eigenvalue weighted by Gasteiger charge is -2.42. The van der Waals surface area contributed by atoms with Gasteiger partial charge in [0, 0.05) is 18.0 Å². The number of hydrogen-bond donors (Lipinski definition) is 1. The summed E-state index contributed by atoms with van der Waals surface area (Å²) in [7, 11) is 0. The van der Waals surface area contributed by atoms with Gasteiger partial charge in [0.15, 0.2) is 0 Å². The van der Waals surface area contributed by atoms with Crippen molar-refractivity contribution in [3.05, 3.63) is 29.6 Å². The zero-order valence-corrected chi connectivity index (χ0v) is 13.5. The van der Waals surface area contributed by atoms with Gasteiger partial charge in [-0.25, -0.2) is 4.39 Å². The van der Waals surface area contributed by atoms with E-state index in [-0.39, 0.29) is 17.5 Å². The minimum absolute atomic E-state index is 0.105. The zero-order valence-electron chi connectivity index (χ0n) is 13.5.